The Hall–Kier alpha value is -0.680. The van der Waals surface area contributed by atoms with Crippen LogP contribution in [0, 0.1) is 5.92 Å². The Labute approximate surface area is 123 Å². The number of hydrogen-bond donors (Lipinski definition) is 1. The van der Waals surface area contributed by atoms with Gasteiger partial charge < -0.3 is 10.5 Å². The Morgan fingerprint density at radius 3 is 2.84 bits per heavy atom. The van der Waals surface area contributed by atoms with E-state index in [0.717, 1.165) is 21.9 Å². The topological polar surface area (TPSA) is 61.0 Å². The average Bonchev–Trinajstić information content (AvgIpc) is 2.44. The maximum Gasteiger partial charge on any atom is 0.141 e. The first-order valence-electron chi connectivity index (χ1n) is 6.96. The van der Waals surface area contributed by atoms with Crippen LogP contribution in [0.5, 0.6) is 0 Å². The van der Waals surface area contributed by atoms with Gasteiger partial charge in [-0.05, 0) is 34.7 Å². The minimum absolute atomic E-state index is 0.449. The van der Waals surface area contributed by atoms with Gasteiger partial charge in [0.2, 0.25) is 0 Å². The van der Waals surface area contributed by atoms with Gasteiger partial charge in [-0.25, -0.2) is 9.97 Å². The van der Waals surface area contributed by atoms with E-state index >= 15 is 0 Å². The summed E-state index contributed by atoms with van der Waals surface area (Å²) in [6, 6.07) is 0. The van der Waals surface area contributed by atoms with Crippen LogP contribution in [-0.2, 0) is 11.3 Å². The lowest BCUT2D eigenvalue weighted by molar-refractivity contribution is 0.180. The summed E-state index contributed by atoms with van der Waals surface area (Å²) >= 11 is 3.43. The lowest BCUT2D eigenvalue weighted by atomic mass is 9.80. The minimum atomic E-state index is 0.449. The predicted octanol–water partition coefficient (Wildman–Crippen LogP) is 3.65. The smallest absolute Gasteiger partial charge is 0.141 e. The predicted molar refractivity (Wildman–Crippen MR) is 79.8 cm³/mol. The van der Waals surface area contributed by atoms with Gasteiger partial charge in [0.1, 0.15) is 11.6 Å². The molecule has 1 fully saturated rings. The largest absolute Gasteiger partial charge is 0.383 e. The van der Waals surface area contributed by atoms with Gasteiger partial charge in [-0.15, -0.1) is 0 Å². The fourth-order valence-corrected chi connectivity index (χ4v) is 3.14. The van der Waals surface area contributed by atoms with Crippen molar-refractivity contribution in [2.24, 2.45) is 5.92 Å². The molecule has 19 heavy (non-hydrogen) atoms. The van der Waals surface area contributed by atoms with Gasteiger partial charge in [0.05, 0.1) is 16.8 Å². The number of rotatable bonds is 4. The van der Waals surface area contributed by atoms with Crippen LogP contribution in [0.15, 0.2) is 4.47 Å². The Kier molecular flexibility index (Phi) is 5.16. The van der Waals surface area contributed by atoms with E-state index in [1.807, 2.05) is 0 Å². The van der Waals surface area contributed by atoms with E-state index in [1.165, 1.54) is 32.1 Å². The van der Waals surface area contributed by atoms with E-state index in [1.54, 1.807) is 7.11 Å². The minimum Gasteiger partial charge on any atom is -0.383 e. The standard InChI is InChI=1S/C14H22BrN3O/c1-3-9-5-4-6-10(7-9)14-17-11(8-19-2)12(15)13(16)18-14/h9-10H,3-8H2,1-2H3,(H2,16,17,18). The summed E-state index contributed by atoms with van der Waals surface area (Å²) in [5.74, 6) is 2.67. The number of hydrogen-bond acceptors (Lipinski definition) is 4. The van der Waals surface area contributed by atoms with E-state index in [4.69, 9.17) is 10.5 Å². The van der Waals surface area contributed by atoms with Crippen LogP contribution >= 0.6 is 15.9 Å². The third-order valence-electron chi connectivity index (χ3n) is 3.97. The van der Waals surface area contributed by atoms with Crippen molar-refractivity contribution in [3.05, 3.63) is 16.0 Å². The summed E-state index contributed by atoms with van der Waals surface area (Å²) in [5, 5.41) is 0. The van der Waals surface area contributed by atoms with E-state index in [9.17, 15) is 0 Å². The fraction of sp³-hybridized carbons (Fsp3) is 0.714. The van der Waals surface area contributed by atoms with Crippen molar-refractivity contribution in [1.82, 2.24) is 9.97 Å². The second kappa shape index (κ2) is 6.66. The number of methoxy groups -OCH3 is 1. The highest BCUT2D eigenvalue weighted by atomic mass is 79.9. The average molecular weight is 328 g/mol. The summed E-state index contributed by atoms with van der Waals surface area (Å²) in [5.41, 5.74) is 6.82. The molecule has 1 aromatic rings. The summed E-state index contributed by atoms with van der Waals surface area (Å²) in [6.45, 7) is 2.73. The van der Waals surface area contributed by atoms with Crippen LogP contribution in [-0.4, -0.2) is 17.1 Å². The zero-order chi connectivity index (χ0) is 13.8. The molecule has 2 N–H and O–H groups in total. The molecule has 0 aromatic carbocycles. The van der Waals surface area contributed by atoms with Crippen LogP contribution in [0.4, 0.5) is 5.82 Å². The monoisotopic (exact) mass is 327 g/mol. The van der Waals surface area contributed by atoms with E-state index in [-0.39, 0.29) is 0 Å². The number of nitrogen functional groups attached to an aromatic ring is 1. The Morgan fingerprint density at radius 2 is 2.16 bits per heavy atom. The van der Waals surface area contributed by atoms with Crippen molar-refractivity contribution in [3.8, 4) is 0 Å². The first-order valence-corrected chi connectivity index (χ1v) is 7.75. The molecule has 0 saturated heterocycles. The summed E-state index contributed by atoms with van der Waals surface area (Å²) in [4.78, 5) is 9.12. The number of ether oxygens (including phenoxy) is 1. The Morgan fingerprint density at radius 1 is 1.37 bits per heavy atom. The molecule has 0 aliphatic heterocycles. The second-order valence-electron chi connectivity index (χ2n) is 5.30. The van der Waals surface area contributed by atoms with Crippen LogP contribution in [0.3, 0.4) is 0 Å². The molecule has 1 heterocycles. The lowest BCUT2D eigenvalue weighted by Gasteiger charge is -2.27. The molecular formula is C14H22BrN3O. The van der Waals surface area contributed by atoms with E-state index < -0.39 is 0 Å². The number of aromatic nitrogens is 2. The maximum atomic E-state index is 5.97. The SMILES string of the molecule is CCC1CCCC(c2nc(N)c(Br)c(COC)n2)C1. The van der Waals surface area contributed by atoms with Gasteiger partial charge in [-0.1, -0.05) is 26.2 Å². The summed E-state index contributed by atoms with van der Waals surface area (Å²) in [6.07, 6.45) is 6.20. The van der Waals surface area contributed by atoms with Crippen LogP contribution in [0.2, 0.25) is 0 Å². The van der Waals surface area contributed by atoms with Gasteiger partial charge in [0.15, 0.2) is 0 Å². The molecule has 1 aliphatic rings. The van der Waals surface area contributed by atoms with Crippen LogP contribution < -0.4 is 5.73 Å². The zero-order valence-electron chi connectivity index (χ0n) is 11.7. The molecule has 1 aliphatic carbocycles. The van der Waals surface area contributed by atoms with Crippen molar-refractivity contribution in [1.29, 1.82) is 0 Å². The normalized spacial score (nSPS) is 23.5. The molecule has 0 spiro atoms. The van der Waals surface area contributed by atoms with E-state index in [2.05, 4.69) is 32.8 Å². The third-order valence-corrected chi connectivity index (χ3v) is 4.83. The highest BCUT2D eigenvalue weighted by Crippen LogP contribution is 2.37. The quantitative estimate of drug-likeness (QED) is 0.916. The molecule has 2 atom stereocenters. The van der Waals surface area contributed by atoms with Gasteiger partial charge in [-0.2, -0.15) is 0 Å². The first-order chi connectivity index (χ1) is 9.15. The summed E-state index contributed by atoms with van der Waals surface area (Å²) < 4.78 is 5.94. The first kappa shape index (κ1) is 14.7. The van der Waals surface area contributed by atoms with Crippen molar-refractivity contribution in [3.63, 3.8) is 0 Å². The van der Waals surface area contributed by atoms with Crippen molar-refractivity contribution in [2.45, 2.75) is 51.6 Å². The lowest BCUT2D eigenvalue weighted by Crippen LogP contribution is -2.17. The molecule has 1 aromatic heterocycles. The third kappa shape index (κ3) is 3.45. The molecule has 0 bridgehead atoms. The van der Waals surface area contributed by atoms with Crippen molar-refractivity contribution < 1.29 is 4.74 Å². The van der Waals surface area contributed by atoms with Gasteiger partial charge in [0, 0.05) is 13.0 Å². The van der Waals surface area contributed by atoms with E-state index in [0.29, 0.717) is 18.3 Å². The molecule has 0 radical (unpaired) electrons. The highest BCUT2D eigenvalue weighted by molar-refractivity contribution is 9.10. The molecule has 5 heteroatoms. The van der Waals surface area contributed by atoms with Crippen molar-refractivity contribution >= 4 is 21.7 Å². The highest BCUT2D eigenvalue weighted by Gasteiger charge is 2.25. The Bertz CT molecular complexity index is 439. The molecule has 4 nitrogen and oxygen atoms in total. The number of nitrogens with zero attached hydrogens (tertiary/aromatic N) is 2. The molecule has 1 saturated carbocycles. The molecule has 2 rings (SSSR count). The molecular weight excluding hydrogens is 306 g/mol. The number of nitrogens with two attached hydrogens (primary N) is 1. The number of anilines is 1. The maximum absolute atomic E-state index is 5.97. The van der Waals surface area contributed by atoms with Gasteiger partial charge in [-0.3, -0.25) is 0 Å². The molecule has 2 unspecified atom stereocenters. The van der Waals surface area contributed by atoms with Crippen LogP contribution in [0.1, 0.15) is 56.5 Å². The fourth-order valence-electron chi connectivity index (χ4n) is 2.84. The van der Waals surface area contributed by atoms with Crippen LogP contribution in [0.25, 0.3) is 0 Å². The number of halogens is 1. The van der Waals surface area contributed by atoms with Gasteiger partial charge in [0.25, 0.3) is 0 Å². The Balaban J connectivity index is 2.24. The zero-order valence-corrected chi connectivity index (χ0v) is 13.2. The van der Waals surface area contributed by atoms with Crippen molar-refractivity contribution in [2.75, 3.05) is 12.8 Å². The summed E-state index contributed by atoms with van der Waals surface area (Å²) in [7, 11) is 1.66. The molecule has 106 valence electrons. The van der Waals surface area contributed by atoms with Gasteiger partial charge >= 0.3 is 0 Å². The second-order valence-corrected chi connectivity index (χ2v) is 6.09. The molecule has 0 amide bonds.